The molecule has 0 aliphatic rings. The predicted molar refractivity (Wildman–Crippen MR) is 79.3 cm³/mol. The van der Waals surface area contributed by atoms with Gasteiger partial charge in [-0.25, -0.2) is 0 Å². The number of anilines is 1. The molecule has 0 saturated carbocycles. The minimum absolute atomic E-state index is 0.848. The molecule has 0 aliphatic carbocycles. The number of nitrogen functional groups attached to an aromatic ring is 1. The molecule has 2 aromatic rings. The lowest BCUT2D eigenvalue weighted by Gasteiger charge is -2.09. The number of nitrogens with two attached hydrogens (primary N) is 1. The standard InChI is InChI=1S/C14H14BrNS/c1-10-5-2-3-8-14(10)17-9-11-12(15)6-4-7-13(11)16/h2-8H,9,16H2,1H3. The van der Waals surface area contributed by atoms with E-state index in [0.29, 0.717) is 0 Å². The Balaban J connectivity index is 2.16. The quantitative estimate of drug-likeness (QED) is 0.661. The van der Waals surface area contributed by atoms with E-state index in [2.05, 4.69) is 47.1 Å². The fourth-order valence-electron chi connectivity index (χ4n) is 1.60. The summed E-state index contributed by atoms with van der Waals surface area (Å²) in [4.78, 5) is 1.31. The molecule has 0 saturated heterocycles. The first-order valence-electron chi connectivity index (χ1n) is 5.40. The SMILES string of the molecule is Cc1ccccc1SCc1c(N)cccc1Br. The van der Waals surface area contributed by atoms with E-state index < -0.39 is 0 Å². The van der Waals surface area contributed by atoms with Crippen molar-refractivity contribution in [2.45, 2.75) is 17.6 Å². The molecule has 0 aliphatic heterocycles. The zero-order valence-electron chi connectivity index (χ0n) is 9.61. The zero-order valence-corrected chi connectivity index (χ0v) is 12.0. The molecule has 2 N–H and O–H groups in total. The third kappa shape index (κ3) is 3.05. The van der Waals surface area contributed by atoms with Crippen LogP contribution in [0.15, 0.2) is 51.8 Å². The van der Waals surface area contributed by atoms with E-state index >= 15 is 0 Å². The Bertz CT molecular complexity index is 505. The molecule has 0 aromatic heterocycles. The van der Waals surface area contributed by atoms with Gasteiger partial charge in [-0.1, -0.05) is 40.2 Å². The van der Waals surface area contributed by atoms with Gasteiger partial charge in [-0.2, -0.15) is 0 Å². The molecule has 0 heterocycles. The van der Waals surface area contributed by atoms with E-state index in [1.54, 1.807) is 0 Å². The van der Waals surface area contributed by atoms with Crippen molar-refractivity contribution in [3.63, 3.8) is 0 Å². The summed E-state index contributed by atoms with van der Waals surface area (Å²) < 4.78 is 1.08. The van der Waals surface area contributed by atoms with Crippen LogP contribution in [0.25, 0.3) is 0 Å². The molecule has 0 radical (unpaired) electrons. The molecule has 88 valence electrons. The van der Waals surface area contributed by atoms with E-state index in [1.807, 2.05) is 30.0 Å². The fourth-order valence-corrected chi connectivity index (χ4v) is 3.40. The molecular weight excluding hydrogens is 294 g/mol. The van der Waals surface area contributed by atoms with Gasteiger partial charge in [-0.3, -0.25) is 0 Å². The Hall–Kier alpha value is -0.930. The number of hydrogen-bond acceptors (Lipinski definition) is 2. The molecule has 1 nitrogen and oxygen atoms in total. The highest BCUT2D eigenvalue weighted by molar-refractivity contribution is 9.10. The number of benzene rings is 2. The molecule has 17 heavy (non-hydrogen) atoms. The van der Waals surface area contributed by atoms with Gasteiger partial charge in [0.15, 0.2) is 0 Å². The Morgan fingerprint density at radius 3 is 2.59 bits per heavy atom. The summed E-state index contributed by atoms with van der Waals surface area (Å²) >= 11 is 5.36. The van der Waals surface area contributed by atoms with Crippen molar-refractivity contribution in [2.24, 2.45) is 0 Å². The van der Waals surface area contributed by atoms with Crippen LogP contribution >= 0.6 is 27.7 Å². The van der Waals surface area contributed by atoms with E-state index in [1.165, 1.54) is 16.0 Å². The van der Waals surface area contributed by atoms with E-state index in [-0.39, 0.29) is 0 Å². The first-order valence-corrected chi connectivity index (χ1v) is 7.17. The van der Waals surface area contributed by atoms with Crippen molar-refractivity contribution in [2.75, 3.05) is 5.73 Å². The van der Waals surface area contributed by atoms with E-state index in [4.69, 9.17) is 5.73 Å². The molecule has 0 spiro atoms. The van der Waals surface area contributed by atoms with Crippen LogP contribution in [-0.4, -0.2) is 0 Å². The molecule has 0 amide bonds. The summed E-state index contributed by atoms with van der Waals surface area (Å²) in [6.07, 6.45) is 0. The number of halogens is 1. The van der Waals surface area contributed by atoms with Crippen LogP contribution in [0.2, 0.25) is 0 Å². The van der Waals surface area contributed by atoms with Crippen molar-refractivity contribution < 1.29 is 0 Å². The second-order valence-corrected chi connectivity index (χ2v) is 5.73. The molecule has 0 unspecified atom stereocenters. The van der Waals surface area contributed by atoms with Gasteiger partial charge in [0, 0.05) is 20.8 Å². The van der Waals surface area contributed by atoms with Crippen LogP contribution in [0.1, 0.15) is 11.1 Å². The van der Waals surface area contributed by atoms with Crippen molar-refractivity contribution in [3.8, 4) is 0 Å². The molecule has 0 fully saturated rings. The van der Waals surface area contributed by atoms with Gasteiger partial charge in [0.1, 0.15) is 0 Å². The minimum Gasteiger partial charge on any atom is -0.398 e. The summed E-state index contributed by atoms with van der Waals surface area (Å²) in [7, 11) is 0. The highest BCUT2D eigenvalue weighted by atomic mass is 79.9. The van der Waals surface area contributed by atoms with Gasteiger partial charge < -0.3 is 5.73 Å². The van der Waals surface area contributed by atoms with Gasteiger partial charge in [-0.15, -0.1) is 11.8 Å². The van der Waals surface area contributed by atoms with Crippen LogP contribution in [-0.2, 0) is 5.75 Å². The monoisotopic (exact) mass is 307 g/mol. The maximum Gasteiger partial charge on any atom is 0.0366 e. The Morgan fingerprint density at radius 1 is 1.12 bits per heavy atom. The smallest absolute Gasteiger partial charge is 0.0366 e. The fraction of sp³-hybridized carbons (Fsp3) is 0.143. The van der Waals surface area contributed by atoms with Crippen LogP contribution in [0.3, 0.4) is 0 Å². The highest BCUT2D eigenvalue weighted by Gasteiger charge is 2.05. The lowest BCUT2D eigenvalue weighted by Crippen LogP contribution is -1.93. The van der Waals surface area contributed by atoms with Gasteiger partial charge in [0.25, 0.3) is 0 Å². The summed E-state index contributed by atoms with van der Waals surface area (Å²) in [5, 5.41) is 0. The zero-order chi connectivity index (χ0) is 12.3. The van der Waals surface area contributed by atoms with Crippen LogP contribution in [0, 0.1) is 6.92 Å². The number of hydrogen-bond donors (Lipinski definition) is 1. The lowest BCUT2D eigenvalue weighted by atomic mass is 10.2. The number of thioether (sulfide) groups is 1. The second-order valence-electron chi connectivity index (χ2n) is 3.86. The van der Waals surface area contributed by atoms with Crippen LogP contribution in [0.5, 0.6) is 0 Å². The van der Waals surface area contributed by atoms with Gasteiger partial charge in [0.2, 0.25) is 0 Å². The molecule has 2 aromatic carbocycles. The van der Waals surface area contributed by atoms with Crippen molar-refractivity contribution in [1.82, 2.24) is 0 Å². The Labute approximate surface area is 115 Å². The van der Waals surface area contributed by atoms with Crippen molar-refractivity contribution in [1.29, 1.82) is 0 Å². The molecule has 0 atom stereocenters. The number of rotatable bonds is 3. The third-order valence-electron chi connectivity index (χ3n) is 2.62. The second kappa shape index (κ2) is 5.61. The largest absolute Gasteiger partial charge is 0.398 e. The summed E-state index contributed by atoms with van der Waals surface area (Å²) in [6.45, 7) is 2.13. The van der Waals surface area contributed by atoms with E-state index in [9.17, 15) is 0 Å². The maximum absolute atomic E-state index is 5.98. The average molecular weight is 308 g/mol. The van der Waals surface area contributed by atoms with Gasteiger partial charge >= 0.3 is 0 Å². The Kier molecular flexibility index (Phi) is 4.13. The summed E-state index contributed by atoms with van der Waals surface area (Å²) in [5.41, 5.74) is 9.30. The lowest BCUT2D eigenvalue weighted by molar-refractivity contribution is 1.29. The molecular formula is C14H14BrNS. The van der Waals surface area contributed by atoms with Crippen LogP contribution in [0.4, 0.5) is 5.69 Å². The summed E-state index contributed by atoms with van der Waals surface area (Å²) in [6, 6.07) is 14.3. The van der Waals surface area contributed by atoms with Gasteiger partial charge in [0.05, 0.1) is 0 Å². The highest BCUT2D eigenvalue weighted by Crippen LogP contribution is 2.31. The summed E-state index contributed by atoms with van der Waals surface area (Å²) in [5.74, 6) is 0.887. The Morgan fingerprint density at radius 2 is 1.88 bits per heavy atom. The molecule has 0 bridgehead atoms. The van der Waals surface area contributed by atoms with Gasteiger partial charge in [-0.05, 0) is 36.2 Å². The van der Waals surface area contributed by atoms with Crippen molar-refractivity contribution >= 4 is 33.4 Å². The minimum atomic E-state index is 0.848. The first-order chi connectivity index (χ1) is 8.18. The molecule has 2 rings (SSSR count). The number of aryl methyl sites for hydroxylation is 1. The maximum atomic E-state index is 5.98. The molecule has 3 heteroatoms. The topological polar surface area (TPSA) is 26.0 Å². The third-order valence-corrected chi connectivity index (χ3v) is 4.57. The normalized spacial score (nSPS) is 10.5. The predicted octanol–water partition coefficient (Wildman–Crippen LogP) is 4.63. The first kappa shape index (κ1) is 12.5. The van der Waals surface area contributed by atoms with Crippen LogP contribution < -0.4 is 5.73 Å². The van der Waals surface area contributed by atoms with Crippen molar-refractivity contribution in [3.05, 3.63) is 58.1 Å². The van der Waals surface area contributed by atoms with E-state index in [0.717, 1.165) is 15.9 Å². The average Bonchev–Trinajstić information content (AvgIpc) is 2.30.